The van der Waals surface area contributed by atoms with Crippen LogP contribution in [0.3, 0.4) is 0 Å². The van der Waals surface area contributed by atoms with E-state index in [1.54, 1.807) is 13.2 Å². The predicted octanol–water partition coefficient (Wildman–Crippen LogP) is 1.86. The summed E-state index contributed by atoms with van der Waals surface area (Å²) < 4.78 is 9.75. The SMILES string of the molecule is COCOCC(O)Cc1ccccc1Cl. The van der Waals surface area contributed by atoms with Crippen molar-refractivity contribution in [2.45, 2.75) is 12.5 Å². The topological polar surface area (TPSA) is 38.7 Å². The zero-order chi connectivity index (χ0) is 11.1. The van der Waals surface area contributed by atoms with Crippen LogP contribution in [0.25, 0.3) is 0 Å². The molecule has 0 aromatic heterocycles. The molecule has 1 aromatic carbocycles. The molecule has 0 saturated heterocycles. The molecule has 0 spiro atoms. The van der Waals surface area contributed by atoms with E-state index in [2.05, 4.69) is 0 Å². The molecular formula is C11H15ClO3. The number of aliphatic hydroxyl groups is 1. The van der Waals surface area contributed by atoms with Gasteiger partial charge in [0, 0.05) is 18.6 Å². The van der Waals surface area contributed by atoms with E-state index in [9.17, 15) is 5.11 Å². The summed E-state index contributed by atoms with van der Waals surface area (Å²) >= 11 is 5.95. The standard InChI is InChI=1S/C11H15ClO3/c1-14-8-15-7-10(13)6-9-4-2-3-5-11(9)12/h2-5,10,13H,6-8H2,1H3. The van der Waals surface area contributed by atoms with Gasteiger partial charge in [0.15, 0.2) is 0 Å². The van der Waals surface area contributed by atoms with Crippen molar-refractivity contribution >= 4 is 11.6 Å². The zero-order valence-electron chi connectivity index (χ0n) is 8.65. The molecule has 0 radical (unpaired) electrons. The third kappa shape index (κ3) is 4.62. The van der Waals surface area contributed by atoms with Gasteiger partial charge in [-0.15, -0.1) is 0 Å². The van der Waals surface area contributed by atoms with Crippen LogP contribution in [-0.4, -0.2) is 31.7 Å². The number of halogens is 1. The maximum absolute atomic E-state index is 9.61. The van der Waals surface area contributed by atoms with Crippen molar-refractivity contribution in [3.8, 4) is 0 Å². The molecule has 1 atom stereocenters. The summed E-state index contributed by atoms with van der Waals surface area (Å²) in [4.78, 5) is 0. The number of hydrogen-bond donors (Lipinski definition) is 1. The summed E-state index contributed by atoms with van der Waals surface area (Å²) in [6.45, 7) is 0.443. The maximum atomic E-state index is 9.61. The molecule has 1 rings (SSSR count). The quantitative estimate of drug-likeness (QED) is 0.599. The largest absolute Gasteiger partial charge is 0.390 e. The van der Waals surface area contributed by atoms with Crippen molar-refractivity contribution < 1.29 is 14.6 Å². The average Bonchev–Trinajstić information content (AvgIpc) is 2.22. The summed E-state index contributed by atoms with van der Waals surface area (Å²) in [7, 11) is 1.54. The Hall–Kier alpha value is -0.610. The van der Waals surface area contributed by atoms with Crippen LogP contribution in [0, 0.1) is 0 Å². The van der Waals surface area contributed by atoms with Crippen LogP contribution in [0.15, 0.2) is 24.3 Å². The van der Waals surface area contributed by atoms with Gasteiger partial charge in [-0.25, -0.2) is 0 Å². The van der Waals surface area contributed by atoms with Crippen molar-refractivity contribution in [1.29, 1.82) is 0 Å². The van der Waals surface area contributed by atoms with Crippen molar-refractivity contribution in [1.82, 2.24) is 0 Å². The minimum absolute atomic E-state index is 0.194. The van der Waals surface area contributed by atoms with E-state index in [1.807, 2.05) is 18.2 Å². The normalized spacial score (nSPS) is 12.7. The third-order valence-electron chi connectivity index (χ3n) is 1.92. The molecule has 0 heterocycles. The maximum Gasteiger partial charge on any atom is 0.146 e. The lowest BCUT2D eigenvalue weighted by Gasteiger charge is -2.11. The fraction of sp³-hybridized carbons (Fsp3) is 0.455. The Bertz CT molecular complexity index is 291. The fourth-order valence-corrected chi connectivity index (χ4v) is 1.46. The molecule has 1 aromatic rings. The minimum Gasteiger partial charge on any atom is -0.390 e. The third-order valence-corrected chi connectivity index (χ3v) is 2.29. The van der Waals surface area contributed by atoms with Crippen LogP contribution in [0.4, 0.5) is 0 Å². The Morgan fingerprint density at radius 1 is 1.40 bits per heavy atom. The van der Waals surface area contributed by atoms with E-state index in [0.717, 1.165) is 5.56 Å². The Morgan fingerprint density at radius 2 is 2.13 bits per heavy atom. The van der Waals surface area contributed by atoms with Gasteiger partial charge in [-0.2, -0.15) is 0 Å². The molecule has 0 aliphatic carbocycles. The molecule has 0 aliphatic rings. The first-order chi connectivity index (χ1) is 7.24. The molecule has 0 saturated carbocycles. The van der Waals surface area contributed by atoms with E-state index in [-0.39, 0.29) is 13.4 Å². The molecular weight excluding hydrogens is 216 g/mol. The summed E-state index contributed by atoms with van der Waals surface area (Å²) in [5.41, 5.74) is 0.924. The molecule has 1 N–H and O–H groups in total. The van der Waals surface area contributed by atoms with Crippen molar-refractivity contribution in [2.75, 3.05) is 20.5 Å². The second kappa shape index (κ2) is 6.80. The van der Waals surface area contributed by atoms with Gasteiger partial charge in [-0.05, 0) is 11.6 Å². The van der Waals surface area contributed by atoms with Crippen molar-refractivity contribution in [3.05, 3.63) is 34.9 Å². The predicted molar refractivity (Wildman–Crippen MR) is 59.0 cm³/mol. The Labute approximate surface area is 94.6 Å². The second-order valence-corrected chi connectivity index (χ2v) is 3.63. The van der Waals surface area contributed by atoms with Crippen LogP contribution in [0.5, 0.6) is 0 Å². The molecule has 1 unspecified atom stereocenters. The lowest BCUT2D eigenvalue weighted by atomic mass is 10.1. The van der Waals surface area contributed by atoms with Gasteiger partial charge in [0.2, 0.25) is 0 Å². The summed E-state index contributed by atoms with van der Waals surface area (Å²) in [5, 5.41) is 10.3. The summed E-state index contributed by atoms with van der Waals surface area (Å²) in [6, 6.07) is 7.45. The Kier molecular flexibility index (Phi) is 5.65. The molecule has 0 aliphatic heterocycles. The number of aliphatic hydroxyl groups excluding tert-OH is 1. The van der Waals surface area contributed by atoms with Gasteiger partial charge in [-0.3, -0.25) is 0 Å². The van der Waals surface area contributed by atoms with Gasteiger partial charge in [0.05, 0.1) is 12.7 Å². The first-order valence-electron chi connectivity index (χ1n) is 4.72. The second-order valence-electron chi connectivity index (χ2n) is 3.23. The molecule has 15 heavy (non-hydrogen) atoms. The van der Waals surface area contributed by atoms with Gasteiger partial charge in [0.25, 0.3) is 0 Å². The number of rotatable bonds is 6. The van der Waals surface area contributed by atoms with E-state index in [4.69, 9.17) is 21.1 Å². The number of methoxy groups -OCH3 is 1. The van der Waals surface area contributed by atoms with Crippen molar-refractivity contribution in [3.63, 3.8) is 0 Å². The van der Waals surface area contributed by atoms with E-state index >= 15 is 0 Å². The highest BCUT2D eigenvalue weighted by atomic mass is 35.5. The van der Waals surface area contributed by atoms with Crippen molar-refractivity contribution in [2.24, 2.45) is 0 Å². The molecule has 3 nitrogen and oxygen atoms in total. The van der Waals surface area contributed by atoms with Crippen LogP contribution in [0.2, 0.25) is 5.02 Å². The smallest absolute Gasteiger partial charge is 0.146 e. The van der Waals surface area contributed by atoms with Gasteiger partial charge in [0.1, 0.15) is 6.79 Å². The molecule has 0 amide bonds. The monoisotopic (exact) mass is 230 g/mol. The molecule has 0 bridgehead atoms. The van der Waals surface area contributed by atoms with Gasteiger partial charge >= 0.3 is 0 Å². The molecule has 4 heteroatoms. The molecule has 0 fully saturated rings. The summed E-state index contributed by atoms with van der Waals surface area (Å²) in [5.74, 6) is 0. The average molecular weight is 231 g/mol. The molecule has 84 valence electrons. The van der Waals surface area contributed by atoms with E-state index in [1.165, 1.54) is 0 Å². The van der Waals surface area contributed by atoms with Crippen LogP contribution < -0.4 is 0 Å². The fourth-order valence-electron chi connectivity index (χ4n) is 1.24. The first-order valence-corrected chi connectivity index (χ1v) is 5.10. The van der Waals surface area contributed by atoms with Gasteiger partial charge in [-0.1, -0.05) is 29.8 Å². The van der Waals surface area contributed by atoms with Crippen LogP contribution in [0.1, 0.15) is 5.56 Å². The first kappa shape index (κ1) is 12.5. The van der Waals surface area contributed by atoms with Crippen LogP contribution in [-0.2, 0) is 15.9 Å². The highest BCUT2D eigenvalue weighted by Gasteiger charge is 2.07. The van der Waals surface area contributed by atoms with Gasteiger partial charge < -0.3 is 14.6 Å². The number of benzene rings is 1. The number of ether oxygens (including phenoxy) is 2. The Morgan fingerprint density at radius 3 is 2.80 bits per heavy atom. The van der Waals surface area contributed by atoms with E-state index in [0.29, 0.717) is 11.4 Å². The minimum atomic E-state index is -0.556. The highest BCUT2D eigenvalue weighted by Crippen LogP contribution is 2.16. The zero-order valence-corrected chi connectivity index (χ0v) is 9.41. The van der Waals surface area contributed by atoms with Crippen LogP contribution >= 0.6 is 11.6 Å². The number of hydrogen-bond acceptors (Lipinski definition) is 3. The van der Waals surface area contributed by atoms with E-state index < -0.39 is 6.10 Å². The Balaban J connectivity index is 2.37. The lowest BCUT2D eigenvalue weighted by Crippen LogP contribution is -2.19. The highest BCUT2D eigenvalue weighted by molar-refractivity contribution is 6.31. The summed E-state index contributed by atoms with van der Waals surface area (Å²) in [6.07, 6.45) is -0.0660. The lowest BCUT2D eigenvalue weighted by molar-refractivity contribution is -0.0610.